The van der Waals surface area contributed by atoms with Gasteiger partial charge in [-0.05, 0) is 25.8 Å². The largest absolute Gasteiger partial charge is 0.383 e. The number of rotatable bonds is 2. The van der Waals surface area contributed by atoms with Gasteiger partial charge in [0.2, 0.25) is 0 Å². The Morgan fingerprint density at radius 1 is 1.44 bits per heavy atom. The molecule has 0 aromatic carbocycles. The Bertz CT molecular complexity index is 443. The van der Waals surface area contributed by atoms with Crippen LogP contribution >= 0.6 is 0 Å². The van der Waals surface area contributed by atoms with E-state index >= 15 is 0 Å². The van der Waals surface area contributed by atoms with E-state index in [4.69, 9.17) is 5.73 Å². The van der Waals surface area contributed by atoms with Crippen molar-refractivity contribution in [2.45, 2.75) is 37.8 Å². The number of fused-ring (bicyclic) bond motifs is 1. The zero-order chi connectivity index (χ0) is 12.5. The van der Waals surface area contributed by atoms with Crippen molar-refractivity contribution >= 4 is 11.7 Å². The lowest BCUT2D eigenvalue weighted by Crippen LogP contribution is -2.46. The van der Waals surface area contributed by atoms with Gasteiger partial charge in [-0.25, -0.2) is 0 Å². The minimum atomic E-state index is -0.112. The third-order valence-corrected chi connectivity index (χ3v) is 4.09. The molecule has 0 spiro atoms. The second kappa shape index (κ2) is 4.61. The van der Waals surface area contributed by atoms with Crippen LogP contribution in [0.4, 0.5) is 5.82 Å². The summed E-state index contributed by atoms with van der Waals surface area (Å²) in [6.07, 6.45) is 6.26. The van der Waals surface area contributed by atoms with E-state index in [0.29, 0.717) is 17.4 Å². The van der Waals surface area contributed by atoms with Crippen LogP contribution in [-0.4, -0.2) is 46.2 Å². The van der Waals surface area contributed by atoms with Crippen LogP contribution < -0.4 is 11.1 Å². The standard InChI is InChI=1S/C12H19N5O/c13-11-8(7-14-16-11)12(18)15-9-4-6-17-5-2-1-3-10(9)17/h7,9-10H,1-6H2,(H,15,18)(H3,13,14,16). The van der Waals surface area contributed by atoms with E-state index in [2.05, 4.69) is 20.4 Å². The summed E-state index contributed by atoms with van der Waals surface area (Å²) < 4.78 is 0. The number of piperidine rings is 1. The highest BCUT2D eigenvalue weighted by Crippen LogP contribution is 2.27. The fraction of sp³-hybridized carbons (Fsp3) is 0.667. The molecule has 18 heavy (non-hydrogen) atoms. The first-order valence-corrected chi connectivity index (χ1v) is 6.59. The number of nitrogens with one attached hydrogen (secondary N) is 2. The van der Waals surface area contributed by atoms with Gasteiger partial charge in [-0.15, -0.1) is 0 Å². The molecular weight excluding hydrogens is 230 g/mol. The highest BCUT2D eigenvalue weighted by molar-refractivity contribution is 5.98. The van der Waals surface area contributed by atoms with Crippen LogP contribution in [0.1, 0.15) is 36.0 Å². The quantitative estimate of drug-likeness (QED) is 0.705. The van der Waals surface area contributed by atoms with Crippen molar-refractivity contribution < 1.29 is 4.79 Å². The van der Waals surface area contributed by atoms with Crippen LogP contribution in [0.15, 0.2) is 6.20 Å². The number of nitrogens with two attached hydrogens (primary N) is 1. The Balaban J connectivity index is 1.66. The van der Waals surface area contributed by atoms with Crippen molar-refractivity contribution in [2.75, 3.05) is 18.8 Å². The van der Waals surface area contributed by atoms with Crippen LogP contribution in [0.25, 0.3) is 0 Å². The molecule has 0 aliphatic carbocycles. The normalized spacial score (nSPS) is 28.0. The Morgan fingerprint density at radius 3 is 3.11 bits per heavy atom. The molecule has 0 radical (unpaired) electrons. The Morgan fingerprint density at radius 2 is 2.33 bits per heavy atom. The maximum absolute atomic E-state index is 12.1. The molecule has 2 aliphatic heterocycles. The molecule has 2 aliphatic rings. The summed E-state index contributed by atoms with van der Waals surface area (Å²) in [4.78, 5) is 14.6. The van der Waals surface area contributed by atoms with Crippen molar-refractivity contribution in [3.05, 3.63) is 11.8 Å². The van der Waals surface area contributed by atoms with Crippen LogP contribution in [0.2, 0.25) is 0 Å². The SMILES string of the molecule is Nc1[nH]ncc1C(=O)NC1CCN2CCCCC12. The molecule has 1 amide bonds. The number of hydrogen-bond acceptors (Lipinski definition) is 4. The smallest absolute Gasteiger partial charge is 0.256 e. The third-order valence-electron chi connectivity index (χ3n) is 4.09. The highest BCUT2D eigenvalue weighted by atomic mass is 16.1. The average molecular weight is 249 g/mol. The zero-order valence-electron chi connectivity index (χ0n) is 10.4. The van der Waals surface area contributed by atoms with E-state index in [1.54, 1.807) is 0 Å². The van der Waals surface area contributed by atoms with E-state index in [0.717, 1.165) is 13.0 Å². The predicted octanol–water partition coefficient (Wildman–Crippen LogP) is 0.348. The van der Waals surface area contributed by atoms with Gasteiger partial charge in [0.15, 0.2) is 0 Å². The number of anilines is 1. The maximum Gasteiger partial charge on any atom is 0.256 e. The van der Waals surface area contributed by atoms with Gasteiger partial charge >= 0.3 is 0 Å². The lowest BCUT2D eigenvalue weighted by Gasteiger charge is -2.32. The first-order chi connectivity index (χ1) is 8.75. The van der Waals surface area contributed by atoms with Crippen LogP contribution in [-0.2, 0) is 0 Å². The average Bonchev–Trinajstić information content (AvgIpc) is 2.97. The summed E-state index contributed by atoms with van der Waals surface area (Å²) in [5.41, 5.74) is 6.11. The topological polar surface area (TPSA) is 87.0 Å². The van der Waals surface area contributed by atoms with Gasteiger partial charge in [-0.1, -0.05) is 6.42 Å². The van der Waals surface area contributed by atoms with Crippen molar-refractivity contribution in [3.8, 4) is 0 Å². The molecule has 0 bridgehead atoms. The molecule has 6 heteroatoms. The number of carbonyl (C=O) groups excluding carboxylic acids is 1. The first kappa shape index (κ1) is 11.5. The predicted molar refractivity (Wildman–Crippen MR) is 68.1 cm³/mol. The summed E-state index contributed by atoms with van der Waals surface area (Å²) in [6, 6.07) is 0.767. The summed E-state index contributed by atoms with van der Waals surface area (Å²) in [5.74, 6) is 0.227. The second-order valence-corrected chi connectivity index (χ2v) is 5.17. The fourth-order valence-electron chi connectivity index (χ4n) is 3.14. The Kier molecular flexibility index (Phi) is 2.95. The molecule has 1 aromatic heterocycles. The van der Waals surface area contributed by atoms with E-state index < -0.39 is 0 Å². The second-order valence-electron chi connectivity index (χ2n) is 5.17. The van der Waals surface area contributed by atoms with Gasteiger partial charge in [-0.2, -0.15) is 5.10 Å². The number of H-pyrrole nitrogens is 1. The number of aromatic nitrogens is 2. The molecule has 1 aromatic rings. The Labute approximate surface area is 106 Å². The third kappa shape index (κ3) is 1.96. The molecule has 4 N–H and O–H groups in total. The zero-order valence-corrected chi connectivity index (χ0v) is 10.4. The Hall–Kier alpha value is -1.56. The molecule has 0 saturated carbocycles. The highest BCUT2D eigenvalue weighted by Gasteiger charge is 2.36. The van der Waals surface area contributed by atoms with E-state index in [9.17, 15) is 4.79 Å². The van der Waals surface area contributed by atoms with Crippen molar-refractivity contribution in [3.63, 3.8) is 0 Å². The van der Waals surface area contributed by atoms with Crippen molar-refractivity contribution in [2.24, 2.45) is 0 Å². The molecule has 3 rings (SSSR count). The fourth-order valence-corrected chi connectivity index (χ4v) is 3.14. The lowest BCUT2D eigenvalue weighted by molar-refractivity contribution is 0.0916. The van der Waals surface area contributed by atoms with Gasteiger partial charge < -0.3 is 11.1 Å². The maximum atomic E-state index is 12.1. The molecule has 2 unspecified atom stereocenters. The molecule has 3 heterocycles. The van der Waals surface area contributed by atoms with Gasteiger partial charge in [0.05, 0.1) is 6.20 Å². The lowest BCUT2D eigenvalue weighted by atomic mass is 9.99. The summed E-state index contributed by atoms with van der Waals surface area (Å²) >= 11 is 0. The van der Waals surface area contributed by atoms with Crippen molar-refractivity contribution in [1.29, 1.82) is 0 Å². The van der Waals surface area contributed by atoms with E-state index in [-0.39, 0.29) is 11.9 Å². The molecule has 6 nitrogen and oxygen atoms in total. The van der Waals surface area contributed by atoms with Crippen LogP contribution in [0.3, 0.4) is 0 Å². The molecule has 98 valence electrons. The number of amides is 1. The number of nitrogen functional groups attached to an aromatic ring is 1. The number of carbonyl (C=O) groups is 1. The van der Waals surface area contributed by atoms with Crippen molar-refractivity contribution in [1.82, 2.24) is 20.4 Å². The first-order valence-electron chi connectivity index (χ1n) is 6.59. The van der Waals surface area contributed by atoms with Gasteiger partial charge in [-0.3, -0.25) is 14.8 Å². The number of hydrogen-bond donors (Lipinski definition) is 3. The van der Waals surface area contributed by atoms with E-state index in [1.165, 1.54) is 32.0 Å². The minimum Gasteiger partial charge on any atom is -0.383 e. The number of aromatic amines is 1. The molecule has 2 saturated heterocycles. The summed E-state index contributed by atoms with van der Waals surface area (Å²) in [6.45, 7) is 2.27. The van der Waals surface area contributed by atoms with Gasteiger partial charge in [0.1, 0.15) is 11.4 Å². The summed E-state index contributed by atoms with van der Waals surface area (Å²) in [5, 5.41) is 9.47. The van der Waals surface area contributed by atoms with Crippen LogP contribution in [0, 0.1) is 0 Å². The van der Waals surface area contributed by atoms with Gasteiger partial charge in [0, 0.05) is 18.6 Å². The van der Waals surface area contributed by atoms with Crippen LogP contribution in [0.5, 0.6) is 0 Å². The molecular formula is C12H19N5O. The summed E-state index contributed by atoms with van der Waals surface area (Å²) in [7, 11) is 0. The molecule has 2 fully saturated rings. The molecule has 2 atom stereocenters. The number of nitrogens with zero attached hydrogens (tertiary/aromatic N) is 2. The van der Waals surface area contributed by atoms with E-state index in [1.807, 2.05) is 0 Å². The minimum absolute atomic E-state index is 0.112. The van der Waals surface area contributed by atoms with Gasteiger partial charge in [0.25, 0.3) is 5.91 Å². The monoisotopic (exact) mass is 249 g/mol.